The van der Waals surface area contributed by atoms with E-state index in [1.165, 1.54) is 47.8 Å². The summed E-state index contributed by atoms with van der Waals surface area (Å²) in [5, 5.41) is 2.60. The number of rotatable bonds is 5. The standard InChI is InChI=1S/C17H13F6IN2O/c18-16(19,20)15(17(21,22)23,25-10-11-6-2-1-3-7-11)26-14(27)12-8-4-5-9-13(12)24/h1-9,25H,10H2,(H,26,27). The van der Waals surface area contributed by atoms with E-state index >= 15 is 0 Å². The summed E-state index contributed by atoms with van der Waals surface area (Å²) in [7, 11) is 0. The summed E-state index contributed by atoms with van der Waals surface area (Å²) in [5.41, 5.74) is -4.71. The number of benzene rings is 2. The van der Waals surface area contributed by atoms with Gasteiger partial charge in [0.2, 0.25) is 0 Å². The Morgan fingerprint density at radius 1 is 0.852 bits per heavy atom. The Morgan fingerprint density at radius 3 is 1.89 bits per heavy atom. The summed E-state index contributed by atoms with van der Waals surface area (Å²) in [6.45, 7) is -0.758. The maximum Gasteiger partial charge on any atom is 0.434 e. The van der Waals surface area contributed by atoms with Gasteiger partial charge in [0.1, 0.15) is 0 Å². The molecule has 2 N–H and O–H groups in total. The van der Waals surface area contributed by atoms with Crippen LogP contribution in [-0.4, -0.2) is 23.9 Å². The average molecular weight is 502 g/mol. The van der Waals surface area contributed by atoms with Gasteiger partial charge in [0.25, 0.3) is 11.6 Å². The summed E-state index contributed by atoms with van der Waals surface area (Å²) in [5.74, 6) is -1.49. The van der Waals surface area contributed by atoms with E-state index in [0.717, 1.165) is 11.4 Å². The van der Waals surface area contributed by atoms with Gasteiger partial charge in [-0.1, -0.05) is 42.5 Å². The fraction of sp³-hybridized carbons (Fsp3) is 0.235. The fourth-order valence-electron chi connectivity index (χ4n) is 2.26. The molecule has 0 unspecified atom stereocenters. The number of alkyl halides is 6. The van der Waals surface area contributed by atoms with Crippen LogP contribution < -0.4 is 10.6 Å². The molecular formula is C17H13F6IN2O. The molecule has 0 fully saturated rings. The van der Waals surface area contributed by atoms with E-state index in [2.05, 4.69) is 0 Å². The molecule has 10 heteroatoms. The Kier molecular flexibility index (Phi) is 6.40. The van der Waals surface area contributed by atoms with Gasteiger partial charge >= 0.3 is 12.4 Å². The van der Waals surface area contributed by atoms with Gasteiger partial charge in [-0.25, -0.2) is 0 Å². The lowest BCUT2D eigenvalue weighted by molar-refractivity contribution is -0.314. The maximum atomic E-state index is 13.6. The van der Waals surface area contributed by atoms with E-state index in [-0.39, 0.29) is 14.7 Å². The van der Waals surface area contributed by atoms with Gasteiger partial charge in [-0.15, -0.1) is 0 Å². The molecule has 27 heavy (non-hydrogen) atoms. The SMILES string of the molecule is O=C(NC(NCc1ccccc1)(C(F)(F)F)C(F)(F)F)c1ccccc1I. The van der Waals surface area contributed by atoms with Crippen LogP contribution in [0.5, 0.6) is 0 Å². The van der Waals surface area contributed by atoms with Crippen molar-refractivity contribution in [2.45, 2.75) is 24.6 Å². The first kappa shape index (κ1) is 21.5. The van der Waals surface area contributed by atoms with Gasteiger partial charge in [-0.2, -0.15) is 26.3 Å². The molecule has 0 aliphatic carbocycles. The zero-order valence-electron chi connectivity index (χ0n) is 13.5. The van der Waals surface area contributed by atoms with E-state index in [1.54, 1.807) is 28.7 Å². The number of carbonyl (C=O) groups excluding carboxylic acids is 1. The Labute approximate surface area is 164 Å². The molecule has 0 bridgehead atoms. The number of amides is 1. The third-order valence-electron chi connectivity index (χ3n) is 3.67. The van der Waals surface area contributed by atoms with Crippen LogP contribution in [-0.2, 0) is 6.54 Å². The fourth-order valence-corrected chi connectivity index (χ4v) is 2.89. The molecule has 0 aliphatic heterocycles. The van der Waals surface area contributed by atoms with Gasteiger partial charge < -0.3 is 5.32 Å². The first-order chi connectivity index (χ1) is 12.5. The summed E-state index contributed by atoms with van der Waals surface area (Å²) < 4.78 is 81.5. The van der Waals surface area contributed by atoms with E-state index < -0.39 is 30.5 Å². The van der Waals surface area contributed by atoms with Crippen molar-refractivity contribution in [3.05, 3.63) is 69.3 Å². The highest BCUT2D eigenvalue weighted by Gasteiger charge is 2.72. The molecule has 0 aliphatic rings. The largest absolute Gasteiger partial charge is 0.434 e. The normalized spacial score (nSPS) is 12.7. The Morgan fingerprint density at radius 2 is 1.37 bits per heavy atom. The Balaban J connectivity index is 2.42. The van der Waals surface area contributed by atoms with Crippen LogP contribution in [0.3, 0.4) is 0 Å². The lowest BCUT2D eigenvalue weighted by Gasteiger charge is -2.38. The molecule has 1 amide bonds. The number of halogens is 7. The lowest BCUT2D eigenvalue weighted by Crippen LogP contribution is -2.75. The van der Waals surface area contributed by atoms with Crippen LogP contribution in [0.4, 0.5) is 26.3 Å². The first-order valence-corrected chi connectivity index (χ1v) is 8.55. The lowest BCUT2D eigenvalue weighted by atomic mass is 10.1. The number of hydrogen-bond donors (Lipinski definition) is 2. The summed E-state index contributed by atoms with van der Waals surface area (Å²) >= 11 is 1.66. The quantitative estimate of drug-likeness (QED) is 0.356. The molecule has 2 aromatic rings. The van der Waals surface area contributed by atoms with Crippen molar-refractivity contribution in [2.24, 2.45) is 0 Å². The minimum atomic E-state index is -5.84. The molecule has 2 aromatic carbocycles. The smallest absolute Gasteiger partial charge is 0.319 e. The van der Waals surface area contributed by atoms with Gasteiger partial charge in [-0.05, 0) is 40.3 Å². The van der Waals surface area contributed by atoms with Crippen LogP contribution in [0.2, 0.25) is 0 Å². The van der Waals surface area contributed by atoms with Gasteiger partial charge in [0.15, 0.2) is 0 Å². The van der Waals surface area contributed by atoms with Crippen molar-refractivity contribution in [2.75, 3.05) is 0 Å². The minimum Gasteiger partial charge on any atom is -0.319 e. The predicted octanol–water partition coefficient (Wildman–Crippen LogP) is 4.63. The third kappa shape index (κ3) is 4.72. The molecule has 3 nitrogen and oxygen atoms in total. The van der Waals surface area contributed by atoms with Crippen molar-refractivity contribution in [3.63, 3.8) is 0 Å². The van der Waals surface area contributed by atoms with Gasteiger partial charge in [-0.3, -0.25) is 10.1 Å². The molecule has 0 aromatic heterocycles. The zero-order valence-corrected chi connectivity index (χ0v) is 15.6. The first-order valence-electron chi connectivity index (χ1n) is 7.47. The second-order valence-corrected chi connectivity index (χ2v) is 6.68. The summed E-state index contributed by atoms with van der Waals surface area (Å²) in [6.07, 6.45) is -11.7. The second-order valence-electron chi connectivity index (χ2n) is 5.52. The minimum absolute atomic E-state index is 0.193. The molecule has 0 heterocycles. The molecule has 0 radical (unpaired) electrons. The van der Waals surface area contributed by atoms with E-state index in [4.69, 9.17) is 0 Å². The van der Waals surface area contributed by atoms with Gasteiger partial charge in [0, 0.05) is 10.1 Å². The molecule has 146 valence electrons. The molecule has 0 saturated heterocycles. The highest BCUT2D eigenvalue weighted by Crippen LogP contribution is 2.41. The van der Waals surface area contributed by atoms with E-state index in [1.807, 2.05) is 0 Å². The van der Waals surface area contributed by atoms with Crippen molar-refractivity contribution in [1.29, 1.82) is 0 Å². The molecule has 0 atom stereocenters. The van der Waals surface area contributed by atoms with E-state index in [0.29, 0.717) is 0 Å². The summed E-state index contributed by atoms with van der Waals surface area (Å²) in [4.78, 5) is 12.2. The van der Waals surface area contributed by atoms with Crippen LogP contribution in [0.1, 0.15) is 15.9 Å². The van der Waals surface area contributed by atoms with Crippen LogP contribution in [0.25, 0.3) is 0 Å². The van der Waals surface area contributed by atoms with E-state index in [9.17, 15) is 31.1 Å². The number of hydrogen-bond acceptors (Lipinski definition) is 2. The zero-order chi connectivity index (χ0) is 20.3. The van der Waals surface area contributed by atoms with Crippen LogP contribution in [0, 0.1) is 3.57 Å². The maximum absolute atomic E-state index is 13.6. The number of carbonyl (C=O) groups is 1. The highest BCUT2D eigenvalue weighted by atomic mass is 127. The van der Waals surface area contributed by atoms with Crippen molar-refractivity contribution in [3.8, 4) is 0 Å². The average Bonchev–Trinajstić information content (AvgIpc) is 2.57. The van der Waals surface area contributed by atoms with Gasteiger partial charge in [0.05, 0.1) is 5.56 Å². The molecule has 0 spiro atoms. The number of nitrogens with one attached hydrogen (secondary N) is 2. The highest BCUT2D eigenvalue weighted by molar-refractivity contribution is 14.1. The second kappa shape index (κ2) is 8.05. The monoisotopic (exact) mass is 502 g/mol. The Bertz CT molecular complexity index is 778. The topological polar surface area (TPSA) is 41.1 Å². The molecular weight excluding hydrogens is 489 g/mol. The molecule has 0 saturated carbocycles. The van der Waals surface area contributed by atoms with Crippen molar-refractivity contribution >= 4 is 28.5 Å². The summed E-state index contributed by atoms with van der Waals surface area (Å²) in [6, 6.07) is 12.7. The van der Waals surface area contributed by atoms with Crippen molar-refractivity contribution in [1.82, 2.24) is 10.6 Å². The molecule has 2 rings (SSSR count). The van der Waals surface area contributed by atoms with Crippen LogP contribution >= 0.6 is 22.6 Å². The van der Waals surface area contributed by atoms with Crippen molar-refractivity contribution < 1.29 is 31.1 Å². The Hall–Kier alpha value is -1.82. The predicted molar refractivity (Wildman–Crippen MR) is 94.7 cm³/mol. The van der Waals surface area contributed by atoms with Crippen LogP contribution in [0.15, 0.2) is 54.6 Å². The third-order valence-corrected chi connectivity index (χ3v) is 4.61.